The van der Waals surface area contributed by atoms with Crippen molar-refractivity contribution in [3.8, 4) is 33.7 Å². The van der Waals surface area contributed by atoms with Crippen molar-refractivity contribution in [1.82, 2.24) is 10.1 Å². The molecular formula is C23H21N3O4S. The summed E-state index contributed by atoms with van der Waals surface area (Å²) in [6.45, 7) is 2.02. The Kier molecular flexibility index (Phi) is 5.99. The number of nitrogens with one attached hydrogen (secondary N) is 1. The largest absolute Gasteiger partial charge is 0.493 e. The van der Waals surface area contributed by atoms with Crippen LogP contribution < -0.4 is 14.8 Å². The van der Waals surface area contributed by atoms with Gasteiger partial charge in [0.2, 0.25) is 11.7 Å². The molecule has 0 saturated carbocycles. The van der Waals surface area contributed by atoms with Crippen LogP contribution in [0.3, 0.4) is 0 Å². The van der Waals surface area contributed by atoms with Crippen molar-refractivity contribution in [2.45, 2.75) is 13.3 Å². The quantitative estimate of drug-likeness (QED) is 0.441. The summed E-state index contributed by atoms with van der Waals surface area (Å²) in [6.07, 6.45) is 0.189. The Bertz CT molecular complexity index is 1200. The van der Waals surface area contributed by atoms with Crippen LogP contribution in [-0.4, -0.2) is 30.3 Å². The molecule has 2 heterocycles. The molecule has 0 aliphatic carbocycles. The lowest BCUT2D eigenvalue weighted by molar-refractivity contribution is -0.115. The molecule has 0 saturated heterocycles. The topological polar surface area (TPSA) is 86.5 Å². The van der Waals surface area contributed by atoms with E-state index in [0.29, 0.717) is 33.8 Å². The minimum Gasteiger partial charge on any atom is -0.493 e. The Morgan fingerprint density at radius 2 is 1.84 bits per heavy atom. The second kappa shape index (κ2) is 9.01. The summed E-state index contributed by atoms with van der Waals surface area (Å²) in [5, 5.41) is 8.88. The van der Waals surface area contributed by atoms with Crippen molar-refractivity contribution in [1.29, 1.82) is 0 Å². The van der Waals surface area contributed by atoms with Gasteiger partial charge in [0.05, 0.1) is 26.3 Å². The monoisotopic (exact) mass is 435 g/mol. The number of hydrogen-bond donors (Lipinski definition) is 1. The molecule has 0 spiro atoms. The number of nitrogens with zero attached hydrogens (tertiary/aromatic N) is 2. The number of anilines is 1. The summed E-state index contributed by atoms with van der Waals surface area (Å²) in [4.78, 5) is 17.8. The smallest absolute Gasteiger partial charge is 0.270 e. The van der Waals surface area contributed by atoms with E-state index in [1.54, 1.807) is 26.4 Å². The molecule has 4 rings (SSSR count). The van der Waals surface area contributed by atoms with Gasteiger partial charge < -0.3 is 19.3 Å². The van der Waals surface area contributed by atoms with Crippen molar-refractivity contribution in [2.24, 2.45) is 0 Å². The zero-order valence-electron chi connectivity index (χ0n) is 17.3. The number of aryl methyl sites for hydroxylation is 1. The van der Waals surface area contributed by atoms with Crippen LogP contribution in [0.2, 0.25) is 0 Å². The van der Waals surface area contributed by atoms with E-state index in [1.165, 1.54) is 11.3 Å². The number of rotatable bonds is 7. The minimum atomic E-state index is -0.162. The summed E-state index contributed by atoms with van der Waals surface area (Å²) in [7, 11) is 3.14. The first-order valence-electron chi connectivity index (χ1n) is 9.56. The number of benzene rings is 2. The van der Waals surface area contributed by atoms with Crippen LogP contribution in [0.15, 0.2) is 58.4 Å². The molecule has 0 aliphatic heterocycles. The van der Waals surface area contributed by atoms with Crippen molar-refractivity contribution < 1.29 is 18.8 Å². The van der Waals surface area contributed by atoms with Gasteiger partial charge in [0.15, 0.2) is 11.5 Å². The highest BCUT2D eigenvalue weighted by atomic mass is 32.1. The zero-order valence-corrected chi connectivity index (χ0v) is 18.2. The number of hydrogen-bond acceptors (Lipinski definition) is 7. The minimum absolute atomic E-state index is 0.162. The average Bonchev–Trinajstić information content (AvgIpc) is 3.43. The lowest BCUT2D eigenvalue weighted by atomic mass is 10.1. The van der Waals surface area contributed by atoms with E-state index in [9.17, 15) is 4.79 Å². The maximum atomic E-state index is 12.6. The number of ether oxygens (including phenoxy) is 2. The lowest BCUT2D eigenvalue weighted by Crippen LogP contribution is -2.14. The molecule has 1 N–H and O–H groups in total. The van der Waals surface area contributed by atoms with Crippen LogP contribution in [0.1, 0.15) is 11.1 Å². The second-order valence-corrected chi connectivity index (χ2v) is 7.78. The van der Waals surface area contributed by atoms with Crippen molar-refractivity contribution in [2.75, 3.05) is 19.5 Å². The molecule has 0 aliphatic rings. The zero-order chi connectivity index (χ0) is 21.8. The maximum Gasteiger partial charge on any atom is 0.270 e. The Morgan fingerprint density at radius 3 is 2.58 bits per heavy atom. The highest BCUT2D eigenvalue weighted by molar-refractivity contribution is 7.14. The molecule has 8 heteroatoms. The van der Waals surface area contributed by atoms with Crippen LogP contribution in [0.5, 0.6) is 11.5 Å². The van der Waals surface area contributed by atoms with Gasteiger partial charge in [0.25, 0.3) is 5.89 Å². The number of carbonyl (C=O) groups is 1. The van der Waals surface area contributed by atoms with Crippen molar-refractivity contribution in [3.05, 3.63) is 65.0 Å². The van der Waals surface area contributed by atoms with E-state index in [2.05, 4.69) is 15.5 Å². The van der Waals surface area contributed by atoms with E-state index >= 15 is 0 Å². The Labute approximate surface area is 183 Å². The number of carbonyl (C=O) groups excluding carboxylic acids is 1. The van der Waals surface area contributed by atoms with Crippen LogP contribution in [-0.2, 0) is 11.2 Å². The molecule has 31 heavy (non-hydrogen) atoms. The van der Waals surface area contributed by atoms with E-state index in [0.717, 1.165) is 16.7 Å². The summed E-state index contributed by atoms with van der Waals surface area (Å²) in [5.41, 5.74) is 3.47. The number of thiophene rings is 1. The fourth-order valence-corrected chi connectivity index (χ4v) is 3.85. The molecule has 0 atom stereocenters. The van der Waals surface area contributed by atoms with E-state index in [4.69, 9.17) is 14.0 Å². The first-order valence-corrected chi connectivity index (χ1v) is 10.4. The van der Waals surface area contributed by atoms with Gasteiger partial charge in [-0.15, -0.1) is 11.3 Å². The molecule has 0 unspecified atom stereocenters. The van der Waals surface area contributed by atoms with Gasteiger partial charge in [-0.3, -0.25) is 4.79 Å². The van der Waals surface area contributed by atoms with E-state index in [1.807, 2.05) is 48.7 Å². The van der Waals surface area contributed by atoms with E-state index in [-0.39, 0.29) is 12.3 Å². The summed E-state index contributed by atoms with van der Waals surface area (Å²) in [6, 6.07) is 15.1. The Morgan fingerprint density at radius 1 is 1.06 bits per heavy atom. The molecule has 0 bridgehead atoms. The molecule has 1 amide bonds. The fourth-order valence-electron chi connectivity index (χ4n) is 3.08. The summed E-state index contributed by atoms with van der Waals surface area (Å²) in [5.74, 6) is 1.91. The van der Waals surface area contributed by atoms with Crippen LogP contribution in [0.25, 0.3) is 22.2 Å². The highest BCUT2D eigenvalue weighted by Gasteiger charge is 2.17. The van der Waals surface area contributed by atoms with Gasteiger partial charge >= 0.3 is 0 Å². The van der Waals surface area contributed by atoms with Gasteiger partial charge in [-0.1, -0.05) is 41.1 Å². The third-order valence-corrected chi connectivity index (χ3v) is 5.58. The standard InChI is InChI=1S/C23H21N3O4S/c1-14-4-7-16(8-5-14)22-25-23(30-26-22)21-17(10-11-31-21)24-20(27)13-15-6-9-18(28-2)19(12-15)29-3/h4-12H,13H2,1-3H3,(H,24,27). The predicted molar refractivity (Wildman–Crippen MR) is 120 cm³/mol. The number of aromatic nitrogens is 2. The van der Waals surface area contributed by atoms with Gasteiger partial charge in [-0.2, -0.15) is 4.98 Å². The van der Waals surface area contributed by atoms with Crippen molar-refractivity contribution in [3.63, 3.8) is 0 Å². The first kappa shape index (κ1) is 20.6. The number of methoxy groups -OCH3 is 2. The van der Waals surface area contributed by atoms with Gasteiger partial charge in [0, 0.05) is 5.56 Å². The maximum absolute atomic E-state index is 12.6. The van der Waals surface area contributed by atoms with Crippen molar-refractivity contribution >= 4 is 22.9 Å². The lowest BCUT2D eigenvalue weighted by Gasteiger charge is -2.10. The fraction of sp³-hybridized carbons (Fsp3) is 0.174. The van der Waals surface area contributed by atoms with Crippen LogP contribution in [0.4, 0.5) is 5.69 Å². The molecule has 7 nitrogen and oxygen atoms in total. The van der Waals surface area contributed by atoms with Crippen LogP contribution >= 0.6 is 11.3 Å². The molecule has 2 aromatic heterocycles. The molecule has 2 aromatic carbocycles. The molecular weight excluding hydrogens is 414 g/mol. The van der Waals surface area contributed by atoms with Gasteiger partial charge in [-0.25, -0.2) is 0 Å². The molecule has 0 fully saturated rings. The second-order valence-electron chi connectivity index (χ2n) is 6.87. The third-order valence-electron chi connectivity index (χ3n) is 4.68. The third kappa shape index (κ3) is 4.59. The highest BCUT2D eigenvalue weighted by Crippen LogP contribution is 2.34. The summed E-state index contributed by atoms with van der Waals surface area (Å²) >= 11 is 1.43. The number of amides is 1. The van der Waals surface area contributed by atoms with Gasteiger partial charge in [-0.05, 0) is 36.1 Å². The normalized spacial score (nSPS) is 10.7. The molecule has 4 aromatic rings. The van der Waals surface area contributed by atoms with E-state index < -0.39 is 0 Å². The Hall–Kier alpha value is -3.65. The summed E-state index contributed by atoms with van der Waals surface area (Å²) < 4.78 is 16.0. The first-order chi connectivity index (χ1) is 15.1. The average molecular weight is 436 g/mol. The molecule has 158 valence electrons. The predicted octanol–water partition coefficient (Wildman–Crippen LogP) is 4.97. The molecule has 0 radical (unpaired) electrons. The van der Waals surface area contributed by atoms with Gasteiger partial charge in [0.1, 0.15) is 4.88 Å². The van der Waals surface area contributed by atoms with Crippen LogP contribution in [0, 0.1) is 6.92 Å². The Balaban J connectivity index is 1.49. The SMILES string of the molecule is COc1ccc(CC(=O)Nc2ccsc2-c2nc(-c3ccc(C)cc3)no2)cc1OC.